The van der Waals surface area contributed by atoms with Crippen LogP contribution in [0.1, 0.15) is 19.4 Å². The van der Waals surface area contributed by atoms with Crippen molar-refractivity contribution in [3.05, 3.63) is 29.8 Å². The number of amides is 1. The number of hydrogen-bond acceptors (Lipinski definition) is 5. The summed E-state index contributed by atoms with van der Waals surface area (Å²) in [4.78, 5) is 13.4. The first-order valence-corrected chi connectivity index (χ1v) is 7.34. The van der Waals surface area contributed by atoms with Crippen molar-refractivity contribution in [2.24, 2.45) is 0 Å². The highest BCUT2D eigenvalue weighted by molar-refractivity contribution is 5.74. The van der Waals surface area contributed by atoms with Crippen molar-refractivity contribution in [1.29, 1.82) is 0 Å². The summed E-state index contributed by atoms with van der Waals surface area (Å²) >= 11 is 0. The highest BCUT2D eigenvalue weighted by Crippen LogP contribution is 2.26. The Morgan fingerprint density at radius 3 is 2.55 bits per heavy atom. The minimum atomic E-state index is -0.995. The molecule has 0 saturated carbocycles. The number of carbonyl (C=O) groups excluding carboxylic acids is 1. The molecule has 1 unspecified atom stereocenters. The van der Waals surface area contributed by atoms with E-state index in [9.17, 15) is 15.0 Å². The van der Waals surface area contributed by atoms with Gasteiger partial charge < -0.3 is 24.6 Å². The van der Waals surface area contributed by atoms with Gasteiger partial charge in [0.05, 0.1) is 19.3 Å². The van der Waals surface area contributed by atoms with Gasteiger partial charge in [-0.25, -0.2) is 0 Å². The molecule has 0 aliphatic carbocycles. The molecule has 22 heavy (non-hydrogen) atoms. The number of carbonyl (C=O) groups is 1. The van der Waals surface area contributed by atoms with Gasteiger partial charge in [-0.3, -0.25) is 4.79 Å². The molecule has 1 aliphatic rings. The first-order chi connectivity index (χ1) is 10.4. The minimum Gasteiger partial charge on any atom is -0.497 e. The number of likely N-dealkylation sites (tertiary alicyclic amines) is 1. The summed E-state index contributed by atoms with van der Waals surface area (Å²) < 4.78 is 10.5. The molecule has 2 rings (SSSR count). The molecule has 1 aromatic rings. The van der Waals surface area contributed by atoms with Gasteiger partial charge >= 0.3 is 0 Å². The Bertz CT molecular complexity index is 502. The van der Waals surface area contributed by atoms with Crippen molar-refractivity contribution >= 4 is 5.91 Å². The molecule has 0 spiro atoms. The largest absolute Gasteiger partial charge is 0.497 e. The van der Waals surface area contributed by atoms with E-state index in [1.165, 1.54) is 13.8 Å². The van der Waals surface area contributed by atoms with E-state index in [1.807, 2.05) is 24.3 Å². The monoisotopic (exact) mass is 309 g/mol. The van der Waals surface area contributed by atoms with E-state index in [4.69, 9.17) is 9.47 Å². The zero-order valence-corrected chi connectivity index (χ0v) is 13.1. The molecule has 0 radical (unpaired) electrons. The summed E-state index contributed by atoms with van der Waals surface area (Å²) in [5.74, 6) is 0.643. The second-order valence-corrected chi connectivity index (χ2v) is 5.56. The number of β-amino-alcohol motifs (C(OH)–C–C–N with tert-alkyl or cyclic N) is 1. The van der Waals surface area contributed by atoms with E-state index in [1.54, 1.807) is 12.0 Å². The molecule has 0 bridgehead atoms. The molecular weight excluding hydrogens is 286 g/mol. The molecule has 1 heterocycles. The van der Waals surface area contributed by atoms with Gasteiger partial charge in [-0.1, -0.05) is 12.1 Å². The van der Waals surface area contributed by atoms with Crippen molar-refractivity contribution < 1.29 is 24.5 Å². The standard InChI is InChI=1S/C16H23NO5/c1-10(18)17-9-15(20)16(22-11(2)19)14(17)8-12-4-6-13(21-3)7-5-12/h4-7,11,14-16,19-20H,8-9H2,1-3H3/t11?,14-,15+,16+/m1/s1. The van der Waals surface area contributed by atoms with Gasteiger partial charge in [-0.15, -0.1) is 0 Å². The maximum Gasteiger partial charge on any atom is 0.219 e. The molecule has 122 valence electrons. The lowest BCUT2D eigenvalue weighted by atomic mass is 10.0. The van der Waals surface area contributed by atoms with Crippen molar-refractivity contribution in [3.63, 3.8) is 0 Å². The van der Waals surface area contributed by atoms with Crippen LogP contribution in [0.2, 0.25) is 0 Å². The number of benzene rings is 1. The van der Waals surface area contributed by atoms with E-state index < -0.39 is 18.5 Å². The Labute approximate surface area is 130 Å². The van der Waals surface area contributed by atoms with Crippen molar-refractivity contribution in [1.82, 2.24) is 4.90 Å². The third-order valence-electron chi connectivity index (χ3n) is 3.90. The number of ether oxygens (including phenoxy) is 2. The third kappa shape index (κ3) is 3.76. The first-order valence-electron chi connectivity index (χ1n) is 7.34. The maximum absolute atomic E-state index is 11.8. The van der Waals surface area contributed by atoms with Crippen LogP contribution >= 0.6 is 0 Å². The summed E-state index contributed by atoms with van der Waals surface area (Å²) in [7, 11) is 1.60. The van der Waals surface area contributed by atoms with E-state index >= 15 is 0 Å². The Kier molecular flexibility index (Phi) is 5.39. The summed E-state index contributed by atoms with van der Waals surface area (Å²) in [6.07, 6.45) is -1.87. The summed E-state index contributed by atoms with van der Waals surface area (Å²) in [6, 6.07) is 7.23. The van der Waals surface area contributed by atoms with Gasteiger partial charge in [0.1, 0.15) is 11.9 Å². The molecule has 0 aromatic heterocycles. The second kappa shape index (κ2) is 7.09. The fourth-order valence-electron chi connectivity index (χ4n) is 2.87. The molecule has 4 atom stereocenters. The SMILES string of the molecule is COc1ccc(C[C@@H]2[C@H](OC(C)O)[C@@H](O)CN2C(C)=O)cc1. The smallest absolute Gasteiger partial charge is 0.219 e. The van der Waals surface area contributed by atoms with Crippen molar-refractivity contribution in [2.45, 2.75) is 44.8 Å². The van der Waals surface area contributed by atoms with Crippen LogP contribution in [0.5, 0.6) is 5.75 Å². The Hall–Kier alpha value is -1.63. The Balaban J connectivity index is 2.18. The van der Waals surface area contributed by atoms with E-state index in [0.717, 1.165) is 11.3 Å². The van der Waals surface area contributed by atoms with Gasteiger partial charge in [-0.05, 0) is 31.0 Å². The van der Waals surface area contributed by atoms with Crippen LogP contribution in [0, 0.1) is 0 Å². The molecule has 6 heteroatoms. The van der Waals surface area contributed by atoms with Gasteiger partial charge in [0.15, 0.2) is 6.29 Å². The van der Waals surface area contributed by atoms with Crippen LogP contribution < -0.4 is 4.74 Å². The second-order valence-electron chi connectivity index (χ2n) is 5.56. The fraction of sp³-hybridized carbons (Fsp3) is 0.562. The zero-order valence-electron chi connectivity index (χ0n) is 13.1. The van der Waals surface area contributed by atoms with Crippen LogP contribution in [0.4, 0.5) is 0 Å². The van der Waals surface area contributed by atoms with Crippen molar-refractivity contribution in [3.8, 4) is 5.75 Å². The minimum absolute atomic E-state index is 0.116. The quantitative estimate of drug-likeness (QED) is 0.777. The van der Waals surface area contributed by atoms with Crippen molar-refractivity contribution in [2.75, 3.05) is 13.7 Å². The van der Waals surface area contributed by atoms with Crippen LogP contribution in [-0.2, 0) is 16.0 Å². The highest BCUT2D eigenvalue weighted by Gasteiger charge is 2.43. The predicted octanol–water partition coefficient (Wildman–Crippen LogP) is 0.553. The maximum atomic E-state index is 11.8. The van der Waals surface area contributed by atoms with Gasteiger partial charge in [0, 0.05) is 13.5 Å². The molecule has 1 aromatic carbocycles. The van der Waals surface area contributed by atoms with Gasteiger partial charge in [-0.2, -0.15) is 0 Å². The van der Waals surface area contributed by atoms with E-state index in [2.05, 4.69) is 0 Å². The molecule has 1 aliphatic heterocycles. The highest BCUT2D eigenvalue weighted by atomic mass is 16.6. The normalized spacial score (nSPS) is 26.0. The lowest BCUT2D eigenvalue weighted by Gasteiger charge is -2.28. The number of nitrogens with zero attached hydrogens (tertiary/aromatic N) is 1. The zero-order chi connectivity index (χ0) is 16.3. The van der Waals surface area contributed by atoms with Crippen LogP contribution in [0.3, 0.4) is 0 Å². The lowest BCUT2D eigenvalue weighted by Crippen LogP contribution is -2.42. The van der Waals surface area contributed by atoms with Gasteiger partial charge in [0.25, 0.3) is 0 Å². The average molecular weight is 309 g/mol. The summed E-state index contributed by atoms with van der Waals surface area (Å²) in [5, 5.41) is 19.6. The van der Waals surface area contributed by atoms with Crippen LogP contribution in [0.15, 0.2) is 24.3 Å². The molecule has 1 amide bonds. The predicted molar refractivity (Wildman–Crippen MR) is 80.4 cm³/mol. The number of aliphatic hydroxyl groups is 2. The van der Waals surface area contributed by atoms with Crippen LogP contribution in [0.25, 0.3) is 0 Å². The van der Waals surface area contributed by atoms with Crippen LogP contribution in [-0.4, -0.2) is 59.2 Å². The third-order valence-corrected chi connectivity index (χ3v) is 3.90. The average Bonchev–Trinajstić information content (AvgIpc) is 2.77. The summed E-state index contributed by atoms with van der Waals surface area (Å²) in [5.41, 5.74) is 1.00. The Morgan fingerprint density at radius 2 is 2.05 bits per heavy atom. The van der Waals surface area contributed by atoms with E-state index in [0.29, 0.717) is 6.42 Å². The molecule has 1 fully saturated rings. The topological polar surface area (TPSA) is 79.2 Å². The number of methoxy groups -OCH3 is 1. The number of hydrogen-bond donors (Lipinski definition) is 2. The van der Waals surface area contributed by atoms with Gasteiger partial charge in [0.2, 0.25) is 5.91 Å². The van der Waals surface area contributed by atoms with E-state index in [-0.39, 0.29) is 18.5 Å². The fourth-order valence-corrected chi connectivity index (χ4v) is 2.87. The Morgan fingerprint density at radius 1 is 1.41 bits per heavy atom. The first kappa shape index (κ1) is 16.7. The molecular formula is C16H23NO5. The number of aliphatic hydroxyl groups excluding tert-OH is 2. The lowest BCUT2D eigenvalue weighted by molar-refractivity contribution is -0.154. The molecule has 6 nitrogen and oxygen atoms in total. The number of rotatable bonds is 5. The summed E-state index contributed by atoms with van der Waals surface area (Å²) in [6.45, 7) is 3.18. The molecule has 2 N–H and O–H groups in total. The molecule has 1 saturated heterocycles.